The van der Waals surface area contributed by atoms with Crippen LogP contribution in [0.4, 0.5) is 10.5 Å². The van der Waals surface area contributed by atoms with E-state index < -0.39 is 6.09 Å². The molecular formula is C27H29N3O3. The highest BCUT2D eigenvalue weighted by atomic mass is 16.5. The first-order valence-corrected chi connectivity index (χ1v) is 11.8. The Morgan fingerprint density at radius 2 is 1.97 bits per heavy atom. The van der Waals surface area contributed by atoms with Crippen molar-refractivity contribution in [2.45, 2.75) is 52.0 Å². The van der Waals surface area contributed by atoms with Gasteiger partial charge in [0, 0.05) is 22.5 Å². The summed E-state index contributed by atoms with van der Waals surface area (Å²) in [6, 6.07) is 16.5. The third-order valence-electron chi connectivity index (χ3n) is 6.90. The topological polar surface area (TPSA) is 76.3 Å². The normalized spacial score (nSPS) is 16.6. The van der Waals surface area contributed by atoms with Crippen LogP contribution in [0.25, 0.3) is 22.2 Å². The van der Waals surface area contributed by atoms with Crippen molar-refractivity contribution in [3.63, 3.8) is 0 Å². The van der Waals surface area contributed by atoms with Gasteiger partial charge in [0.15, 0.2) is 0 Å². The number of aromatic nitrogens is 1. The second-order valence-electron chi connectivity index (χ2n) is 9.49. The predicted octanol–water partition coefficient (Wildman–Crippen LogP) is 6.65. The average Bonchev–Trinajstić information content (AvgIpc) is 3.44. The van der Waals surface area contributed by atoms with Crippen LogP contribution in [0.3, 0.4) is 0 Å². The van der Waals surface area contributed by atoms with Gasteiger partial charge >= 0.3 is 6.09 Å². The van der Waals surface area contributed by atoms with E-state index in [-0.39, 0.29) is 5.41 Å². The molecule has 0 spiro atoms. The fourth-order valence-corrected chi connectivity index (χ4v) is 4.43. The van der Waals surface area contributed by atoms with Gasteiger partial charge < -0.3 is 14.0 Å². The Labute approximate surface area is 194 Å². The van der Waals surface area contributed by atoms with Crippen LogP contribution in [0, 0.1) is 16.7 Å². The van der Waals surface area contributed by atoms with Crippen LogP contribution in [-0.2, 0) is 4.74 Å². The van der Waals surface area contributed by atoms with Gasteiger partial charge in [-0.3, -0.25) is 5.32 Å². The van der Waals surface area contributed by atoms with E-state index in [1.165, 1.54) is 6.42 Å². The lowest BCUT2D eigenvalue weighted by Gasteiger charge is -2.30. The van der Waals surface area contributed by atoms with E-state index in [9.17, 15) is 10.1 Å². The Hall–Kier alpha value is -3.46. The van der Waals surface area contributed by atoms with E-state index in [1.54, 1.807) is 0 Å². The van der Waals surface area contributed by atoms with Gasteiger partial charge in [-0.15, -0.1) is 0 Å². The zero-order chi connectivity index (χ0) is 23.0. The number of nitriles is 1. The molecule has 1 amide bonds. The molecule has 1 aromatic heterocycles. The van der Waals surface area contributed by atoms with Crippen molar-refractivity contribution in [2.24, 2.45) is 5.41 Å². The van der Waals surface area contributed by atoms with Gasteiger partial charge in [0.25, 0.3) is 0 Å². The van der Waals surface area contributed by atoms with Gasteiger partial charge in [-0.05, 0) is 74.9 Å². The molecule has 1 N–H and O–H groups in total. The first-order chi connectivity index (χ1) is 16.0. The van der Waals surface area contributed by atoms with Crippen LogP contribution in [0.2, 0.25) is 0 Å². The molecule has 2 saturated carbocycles. The summed E-state index contributed by atoms with van der Waals surface area (Å²) < 4.78 is 13.4. The molecule has 1 heterocycles. The quantitative estimate of drug-likeness (QED) is 0.443. The summed E-state index contributed by atoms with van der Waals surface area (Å²) in [6.45, 7) is 5.12. The highest BCUT2D eigenvalue weighted by molar-refractivity contribution is 5.96. The second kappa shape index (κ2) is 8.47. The van der Waals surface area contributed by atoms with Crippen LogP contribution in [0.1, 0.15) is 57.6 Å². The van der Waals surface area contributed by atoms with E-state index in [0.29, 0.717) is 30.5 Å². The van der Waals surface area contributed by atoms with Gasteiger partial charge in [-0.1, -0.05) is 19.1 Å². The summed E-state index contributed by atoms with van der Waals surface area (Å²) in [7, 11) is 0. The van der Waals surface area contributed by atoms with Crippen molar-refractivity contribution in [1.82, 2.24) is 4.57 Å². The Balaban J connectivity index is 1.47. The maximum absolute atomic E-state index is 12.1. The molecular weight excluding hydrogens is 414 g/mol. The summed E-state index contributed by atoms with van der Waals surface area (Å²) in [4.78, 5) is 12.1. The molecule has 33 heavy (non-hydrogen) atoms. The summed E-state index contributed by atoms with van der Waals surface area (Å²) in [5.41, 5.74) is 4.45. The highest BCUT2D eigenvalue weighted by Gasteiger charge is 2.38. The molecule has 170 valence electrons. The first kappa shape index (κ1) is 21.4. The Bertz CT molecular complexity index is 1230. The number of hydrogen-bond donors (Lipinski definition) is 1. The maximum atomic E-state index is 12.1. The Morgan fingerprint density at radius 3 is 2.58 bits per heavy atom. The minimum Gasteiger partial charge on any atom is -0.494 e. The number of nitrogens with one attached hydrogen (secondary N) is 1. The summed E-state index contributed by atoms with van der Waals surface area (Å²) in [6.07, 6.45) is 5.21. The number of carbonyl (C=O) groups is 1. The van der Waals surface area contributed by atoms with Crippen molar-refractivity contribution in [3.8, 4) is 23.1 Å². The Kier molecular flexibility index (Phi) is 5.49. The SMILES string of the molecule is CCOc1ccc2c(c1)c(C#N)c(-c1ccc(NC(=O)OCC3(C)CC3)cc1)n2C1CCC1. The minimum absolute atomic E-state index is 0.159. The zero-order valence-electron chi connectivity index (χ0n) is 19.2. The monoisotopic (exact) mass is 443 g/mol. The third kappa shape index (κ3) is 4.16. The van der Waals surface area contributed by atoms with Crippen LogP contribution >= 0.6 is 0 Å². The van der Waals surface area contributed by atoms with Crippen molar-refractivity contribution < 1.29 is 14.3 Å². The minimum atomic E-state index is -0.430. The van der Waals surface area contributed by atoms with Crippen molar-refractivity contribution >= 4 is 22.7 Å². The fourth-order valence-electron chi connectivity index (χ4n) is 4.43. The number of hydrogen-bond acceptors (Lipinski definition) is 4. The molecule has 2 aliphatic rings. The maximum Gasteiger partial charge on any atom is 0.411 e. The number of rotatable bonds is 7. The van der Waals surface area contributed by atoms with E-state index >= 15 is 0 Å². The largest absolute Gasteiger partial charge is 0.494 e. The molecule has 0 unspecified atom stereocenters. The molecule has 0 radical (unpaired) electrons. The number of ether oxygens (including phenoxy) is 2. The van der Waals surface area contributed by atoms with Gasteiger partial charge in [-0.2, -0.15) is 5.26 Å². The molecule has 6 nitrogen and oxygen atoms in total. The Morgan fingerprint density at radius 1 is 1.21 bits per heavy atom. The second-order valence-corrected chi connectivity index (χ2v) is 9.49. The molecule has 0 saturated heterocycles. The van der Waals surface area contributed by atoms with Gasteiger partial charge in [0.1, 0.15) is 11.8 Å². The molecule has 2 aromatic carbocycles. The first-order valence-electron chi connectivity index (χ1n) is 11.8. The lowest BCUT2D eigenvalue weighted by molar-refractivity contribution is 0.139. The van der Waals surface area contributed by atoms with Crippen molar-refractivity contribution in [2.75, 3.05) is 18.5 Å². The number of amides is 1. The van der Waals surface area contributed by atoms with Crippen LogP contribution < -0.4 is 10.1 Å². The highest BCUT2D eigenvalue weighted by Crippen LogP contribution is 2.45. The molecule has 0 aliphatic heterocycles. The summed E-state index contributed by atoms with van der Waals surface area (Å²) in [5.74, 6) is 0.775. The van der Waals surface area contributed by atoms with E-state index in [4.69, 9.17) is 9.47 Å². The van der Waals surface area contributed by atoms with Crippen molar-refractivity contribution in [1.29, 1.82) is 5.26 Å². The molecule has 2 fully saturated rings. The lowest BCUT2D eigenvalue weighted by Crippen LogP contribution is -2.18. The predicted molar refractivity (Wildman–Crippen MR) is 128 cm³/mol. The van der Waals surface area contributed by atoms with Gasteiger partial charge in [-0.25, -0.2) is 4.79 Å². The number of anilines is 1. The van der Waals surface area contributed by atoms with Crippen molar-refractivity contribution in [3.05, 3.63) is 48.0 Å². The third-order valence-corrected chi connectivity index (χ3v) is 6.90. The van der Waals surface area contributed by atoms with Gasteiger partial charge in [0.2, 0.25) is 0 Å². The molecule has 2 aliphatic carbocycles. The van der Waals surface area contributed by atoms with Gasteiger partial charge in [0.05, 0.1) is 30.0 Å². The average molecular weight is 444 g/mol. The van der Waals surface area contributed by atoms with Crippen LogP contribution in [0.5, 0.6) is 5.75 Å². The van der Waals surface area contributed by atoms with E-state index in [0.717, 1.165) is 53.6 Å². The zero-order valence-corrected chi connectivity index (χ0v) is 19.2. The van der Waals surface area contributed by atoms with Crippen LogP contribution in [-0.4, -0.2) is 23.9 Å². The van der Waals surface area contributed by atoms with Crippen LogP contribution in [0.15, 0.2) is 42.5 Å². The number of fused-ring (bicyclic) bond motifs is 1. The number of nitrogens with zero attached hydrogens (tertiary/aromatic N) is 2. The molecule has 3 aromatic rings. The van der Waals surface area contributed by atoms with E-state index in [2.05, 4.69) is 28.9 Å². The molecule has 0 atom stereocenters. The lowest BCUT2D eigenvalue weighted by atomic mass is 9.92. The number of carbonyl (C=O) groups excluding carboxylic acids is 1. The summed E-state index contributed by atoms with van der Waals surface area (Å²) >= 11 is 0. The number of benzene rings is 2. The fraction of sp³-hybridized carbons (Fsp3) is 0.407. The summed E-state index contributed by atoms with van der Waals surface area (Å²) in [5, 5.41) is 13.8. The van der Waals surface area contributed by atoms with E-state index in [1.807, 2.05) is 43.3 Å². The molecule has 5 rings (SSSR count). The molecule has 0 bridgehead atoms. The molecule has 6 heteroatoms. The standard InChI is InChI=1S/C27H29N3O3/c1-3-32-21-11-12-24-22(15-21)23(16-28)25(30(24)20-5-4-6-20)18-7-9-19(10-8-18)29-26(31)33-17-27(2)13-14-27/h7-12,15,20H,3-6,13-14,17H2,1-2H3,(H,29,31). The smallest absolute Gasteiger partial charge is 0.411 e.